The van der Waals surface area contributed by atoms with Crippen LogP contribution in [-0.4, -0.2) is 30.6 Å². The summed E-state index contributed by atoms with van der Waals surface area (Å²) < 4.78 is 5.21. The van der Waals surface area contributed by atoms with E-state index in [-0.39, 0.29) is 11.5 Å². The molecule has 0 aliphatic heterocycles. The number of carbonyl (C=O) groups excluding carboxylic acids is 1. The van der Waals surface area contributed by atoms with E-state index in [1.807, 2.05) is 11.4 Å². The molecule has 7 heteroatoms. The lowest BCUT2D eigenvalue weighted by atomic mass is 10.1. The first-order valence-electron chi connectivity index (χ1n) is 7.39. The van der Waals surface area contributed by atoms with E-state index in [1.165, 1.54) is 19.2 Å². The number of aromatic carboxylic acids is 1. The van der Waals surface area contributed by atoms with Gasteiger partial charge in [-0.1, -0.05) is 17.7 Å². The third-order valence-electron chi connectivity index (χ3n) is 3.47. The Hall–Kier alpha value is -2.05. The number of thiophene rings is 1. The first-order chi connectivity index (χ1) is 11.5. The van der Waals surface area contributed by atoms with E-state index in [0.29, 0.717) is 36.6 Å². The summed E-state index contributed by atoms with van der Waals surface area (Å²) in [5, 5.41) is 14.4. The second-order valence-corrected chi connectivity index (χ2v) is 6.60. The molecule has 1 amide bonds. The van der Waals surface area contributed by atoms with E-state index in [1.54, 1.807) is 17.4 Å². The van der Waals surface area contributed by atoms with Gasteiger partial charge in [0.25, 0.3) is 0 Å². The predicted octanol–water partition coefficient (Wildman–Crippen LogP) is 3.40. The SMILES string of the molecule is COc1cc(C(=O)O)ccc1CCNC(=O)CCc1cc(Cl)cs1. The fourth-order valence-corrected chi connectivity index (χ4v) is 3.31. The van der Waals surface area contributed by atoms with Crippen LogP contribution in [0.4, 0.5) is 0 Å². The minimum atomic E-state index is -0.998. The highest BCUT2D eigenvalue weighted by Crippen LogP contribution is 2.21. The Balaban J connectivity index is 1.80. The maximum absolute atomic E-state index is 11.9. The average molecular weight is 368 g/mol. The molecule has 2 rings (SSSR count). The van der Waals surface area contributed by atoms with Crippen molar-refractivity contribution < 1.29 is 19.4 Å². The minimum absolute atomic E-state index is 0.0272. The molecule has 128 valence electrons. The number of nitrogens with one attached hydrogen (secondary N) is 1. The number of rotatable bonds is 8. The third kappa shape index (κ3) is 5.25. The Morgan fingerprint density at radius 1 is 1.29 bits per heavy atom. The largest absolute Gasteiger partial charge is 0.496 e. The summed E-state index contributed by atoms with van der Waals surface area (Å²) in [6.45, 7) is 0.465. The van der Waals surface area contributed by atoms with Gasteiger partial charge in [0.1, 0.15) is 5.75 Å². The molecule has 0 radical (unpaired) electrons. The normalized spacial score (nSPS) is 10.4. The van der Waals surface area contributed by atoms with Gasteiger partial charge in [-0.2, -0.15) is 0 Å². The number of hydrogen-bond donors (Lipinski definition) is 2. The van der Waals surface area contributed by atoms with Crippen molar-refractivity contribution in [3.63, 3.8) is 0 Å². The molecule has 0 saturated carbocycles. The lowest BCUT2D eigenvalue weighted by molar-refractivity contribution is -0.121. The van der Waals surface area contributed by atoms with Gasteiger partial charge in [-0.25, -0.2) is 4.79 Å². The van der Waals surface area contributed by atoms with Gasteiger partial charge in [0, 0.05) is 23.2 Å². The van der Waals surface area contributed by atoms with Crippen LogP contribution >= 0.6 is 22.9 Å². The van der Waals surface area contributed by atoms with Gasteiger partial charge >= 0.3 is 5.97 Å². The Kier molecular flexibility index (Phi) is 6.63. The Labute approximate surface area is 149 Å². The zero-order chi connectivity index (χ0) is 17.5. The van der Waals surface area contributed by atoms with Crippen molar-refractivity contribution in [1.82, 2.24) is 5.32 Å². The molecule has 1 heterocycles. The van der Waals surface area contributed by atoms with E-state index < -0.39 is 5.97 Å². The predicted molar refractivity (Wildman–Crippen MR) is 94.3 cm³/mol. The first kappa shape index (κ1) is 18.3. The minimum Gasteiger partial charge on any atom is -0.496 e. The second-order valence-electron chi connectivity index (χ2n) is 5.16. The summed E-state index contributed by atoms with van der Waals surface area (Å²) in [5.74, 6) is -0.514. The average Bonchev–Trinajstić information content (AvgIpc) is 2.98. The highest BCUT2D eigenvalue weighted by atomic mass is 35.5. The van der Waals surface area contributed by atoms with Crippen molar-refractivity contribution in [1.29, 1.82) is 0 Å². The molecule has 0 aliphatic rings. The molecule has 2 aromatic rings. The van der Waals surface area contributed by atoms with Crippen LogP contribution in [0.5, 0.6) is 5.75 Å². The van der Waals surface area contributed by atoms with Crippen LogP contribution < -0.4 is 10.1 Å². The molecule has 0 unspecified atom stereocenters. The molecular formula is C17H18ClNO4S. The summed E-state index contributed by atoms with van der Waals surface area (Å²) >= 11 is 7.39. The maximum Gasteiger partial charge on any atom is 0.335 e. The number of benzene rings is 1. The number of carboxylic acids is 1. The Bertz CT molecular complexity index is 729. The quantitative estimate of drug-likeness (QED) is 0.749. The number of hydrogen-bond acceptors (Lipinski definition) is 4. The van der Waals surface area contributed by atoms with E-state index in [0.717, 1.165) is 10.4 Å². The van der Waals surface area contributed by atoms with Crippen LogP contribution in [0.3, 0.4) is 0 Å². The molecule has 2 N–H and O–H groups in total. The Morgan fingerprint density at radius 2 is 2.08 bits per heavy atom. The van der Waals surface area contributed by atoms with E-state index in [2.05, 4.69) is 5.32 Å². The Morgan fingerprint density at radius 3 is 2.71 bits per heavy atom. The lowest BCUT2D eigenvalue weighted by Crippen LogP contribution is -2.25. The zero-order valence-electron chi connectivity index (χ0n) is 13.2. The zero-order valence-corrected chi connectivity index (χ0v) is 14.7. The van der Waals surface area contributed by atoms with E-state index in [9.17, 15) is 9.59 Å². The van der Waals surface area contributed by atoms with Crippen molar-refractivity contribution >= 4 is 34.8 Å². The number of methoxy groups -OCH3 is 1. The van der Waals surface area contributed by atoms with Crippen molar-refractivity contribution in [2.75, 3.05) is 13.7 Å². The van der Waals surface area contributed by atoms with Gasteiger partial charge in [0.15, 0.2) is 0 Å². The molecule has 0 spiro atoms. The van der Waals surface area contributed by atoms with Crippen LogP contribution in [0.25, 0.3) is 0 Å². The molecule has 0 fully saturated rings. The topological polar surface area (TPSA) is 75.6 Å². The standard InChI is InChI=1S/C17H18ClNO4S/c1-23-15-8-12(17(21)22)3-2-11(15)6-7-19-16(20)5-4-14-9-13(18)10-24-14/h2-3,8-10H,4-7H2,1H3,(H,19,20)(H,21,22). The summed E-state index contributed by atoms with van der Waals surface area (Å²) in [4.78, 5) is 23.9. The molecule has 5 nitrogen and oxygen atoms in total. The van der Waals surface area contributed by atoms with Gasteiger partial charge in [0.05, 0.1) is 17.7 Å². The summed E-state index contributed by atoms with van der Waals surface area (Å²) in [6.07, 6.45) is 1.64. The van der Waals surface area contributed by atoms with Crippen molar-refractivity contribution in [2.45, 2.75) is 19.3 Å². The van der Waals surface area contributed by atoms with Crippen molar-refractivity contribution in [3.05, 3.63) is 50.7 Å². The fourth-order valence-electron chi connectivity index (χ4n) is 2.23. The van der Waals surface area contributed by atoms with Gasteiger partial charge in [0.2, 0.25) is 5.91 Å². The molecule has 1 aromatic heterocycles. The lowest BCUT2D eigenvalue weighted by Gasteiger charge is -2.10. The number of halogens is 1. The van der Waals surface area contributed by atoms with Crippen molar-refractivity contribution in [2.24, 2.45) is 0 Å². The molecule has 0 aliphatic carbocycles. The molecular weight excluding hydrogens is 350 g/mol. The summed E-state index contributed by atoms with van der Waals surface area (Å²) in [6, 6.07) is 6.60. The van der Waals surface area contributed by atoms with E-state index in [4.69, 9.17) is 21.4 Å². The first-order valence-corrected chi connectivity index (χ1v) is 8.65. The highest BCUT2D eigenvalue weighted by molar-refractivity contribution is 7.10. The van der Waals surface area contributed by atoms with Crippen LogP contribution in [0.1, 0.15) is 27.2 Å². The monoisotopic (exact) mass is 367 g/mol. The third-order valence-corrected chi connectivity index (χ3v) is 4.81. The molecule has 0 saturated heterocycles. The molecule has 1 aromatic carbocycles. The highest BCUT2D eigenvalue weighted by Gasteiger charge is 2.10. The van der Waals surface area contributed by atoms with Crippen LogP contribution in [-0.2, 0) is 17.6 Å². The van der Waals surface area contributed by atoms with Crippen molar-refractivity contribution in [3.8, 4) is 5.75 Å². The number of amides is 1. The van der Waals surface area contributed by atoms with Crippen LogP contribution in [0, 0.1) is 0 Å². The summed E-state index contributed by atoms with van der Waals surface area (Å²) in [7, 11) is 1.50. The molecule has 0 atom stereocenters. The van der Waals surface area contributed by atoms with Gasteiger partial charge < -0.3 is 15.2 Å². The maximum atomic E-state index is 11.9. The fraction of sp³-hybridized carbons (Fsp3) is 0.294. The second kappa shape index (κ2) is 8.70. The van der Waals surface area contributed by atoms with Crippen LogP contribution in [0.15, 0.2) is 29.6 Å². The molecule has 24 heavy (non-hydrogen) atoms. The van der Waals surface area contributed by atoms with E-state index >= 15 is 0 Å². The number of carboxylic acid groups (broad SMARTS) is 1. The van der Waals surface area contributed by atoms with Crippen LogP contribution in [0.2, 0.25) is 5.02 Å². The van der Waals surface area contributed by atoms with Gasteiger partial charge in [-0.05, 0) is 36.6 Å². The molecule has 0 bridgehead atoms. The smallest absolute Gasteiger partial charge is 0.335 e. The van der Waals surface area contributed by atoms with Gasteiger partial charge in [-0.15, -0.1) is 11.3 Å². The number of ether oxygens (including phenoxy) is 1. The summed E-state index contributed by atoms with van der Waals surface area (Å²) in [5.41, 5.74) is 1.03. The van der Waals surface area contributed by atoms with Gasteiger partial charge in [-0.3, -0.25) is 4.79 Å². The number of carbonyl (C=O) groups is 2. The number of aryl methyl sites for hydroxylation is 1.